The first-order chi connectivity index (χ1) is 10.7. The van der Waals surface area contributed by atoms with Gasteiger partial charge in [-0.3, -0.25) is 0 Å². The van der Waals surface area contributed by atoms with Gasteiger partial charge >= 0.3 is 0 Å². The second-order valence-electron chi connectivity index (χ2n) is 6.00. The average molecular weight is 286 g/mol. The molecular weight excluding hydrogens is 264 g/mol. The van der Waals surface area contributed by atoms with E-state index in [1.807, 2.05) is 0 Å². The maximum atomic E-state index is 2.26. The smallest absolute Gasteiger partial charge is 0.0347 e. The van der Waals surface area contributed by atoms with Crippen LogP contribution in [0.1, 0.15) is 39.3 Å². The highest BCUT2D eigenvalue weighted by molar-refractivity contribution is 5.50. The molecule has 0 radical (unpaired) electrons. The molecule has 3 aromatic rings. The molecule has 22 heavy (non-hydrogen) atoms. The van der Waals surface area contributed by atoms with E-state index >= 15 is 0 Å². The first-order valence-corrected chi connectivity index (χ1v) is 7.85. The molecule has 0 aliphatic heterocycles. The van der Waals surface area contributed by atoms with Crippen LogP contribution in [0.2, 0.25) is 0 Å². The lowest BCUT2D eigenvalue weighted by Gasteiger charge is -2.24. The van der Waals surface area contributed by atoms with Crippen LogP contribution < -0.4 is 0 Å². The minimum absolute atomic E-state index is 0.295. The molecule has 3 aromatic carbocycles. The monoisotopic (exact) mass is 286 g/mol. The highest BCUT2D eigenvalue weighted by Gasteiger charge is 2.21. The summed E-state index contributed by atoms with van der Waals surface area (Å²) in [6.07, 6.45) is 0. The van der Waals surface area contributed by atoms with E-state index in [4.69, 9.17) is 0 Å². The topological polar surface area (TPSA) is 0 Å². The van der Waals surface area contributed by atoms with Crippen molar-refractivity contribution >= 4 is 0 Å². The van der Waals surface area contributed by atoms with Crippen LogP contribution in [0.5, 0.6) is 0 Å². The molecule has 0 saturated heterocycles. The lowest BCUT2D eigenvalue weighted by Crippen LogP contribution is -2.08. The van der Waals surface area contributed by atoms with Gasteiger partial charge < -0.3 is 0 Å². The molecular formula is C22H22. The van der Waals surface area contributed by atoms with Gasteiger partial charge in [0.1, 0.15) is 0 Å². The largest absolute Gasteiger partial charge is 0.0620 e. The van der Waals surface area contributed by atoms with Gasteiger partial charge in [-0.15, -0.1) is 0 Å². The highest BCUT2D eigenvalue weighted by atomic mass is 14.2. The first kappa shape index (κ1) is 14.6. The quantitative estimate of drug-likeness (QED) is 0.534. The molecule has 0 nitrogen and oxygen atoms in total. The average Bonchev–Trinajstić information content (AvgIpc) is 2.53. The number of benzene rings is 3. The van der Waals surface area contributed by atoms with E-state index in [-0.39, 0.29) is 0 Å². The van der Waals surface area contributed by atoms with Gasteiger partial charge in [0.2, 0.25) is 0 Å². The highest BCUT2D eigenvalue weighted by Crippen LogP contribution is 2.36. The van der Waals surface area contributed by atoms with Crippen LogP contribution in [0.25, 0.3) is 0 Å². The minimum atomic E-state index is 0.295. The Kier molecular flexibility index (Phi) is 4.11. The third-order valence-electron chi connectivity index (χ3n) is 4.50. The van der Waals surface area contributed by atoms with Crippen LogP contribution in [0.15, 0.2) is 72.8 Å². The Balaban J connectivity index is 2.27. The van der Waals surface area contributed by atoms with Gasteiger partial charge in [0, 0.05) is 5.92 Å². The molecule has 0 fully saturated rings. The van der Waals surface area contributed by atoms with E-state index in [0.29, 0.717) is 5.92 Å². The van der Waals surface area contributed by atoms with Crippen LogP contribution >= 0.6 is 0 Å². The van der Waals surface area contributed by atoms with Crippen molar-refractivity contribution in [3.8, 4) is 0 Å². The van der Waals surface area contributed by atoms with Crippen LogP contribution in [-0.4, -0.2) is 0 Å². The third kappa shape index (κ3) is 2.69. The lowest BCUT2D eigenvalue weighted by molar-refractivity contribution is 0.937. The summed E-state index contributed by atoms with van der Waals surface area (Å²) in [6.45, 7) is 6.62. The lowest BCUT2D eigenvalue weighted by atomic mass is 9.80. The number of hydrogen-bond acceptors (Lipinski definition) is 0. The fourth-order valence-electron chi connectivity index (χ4n) is 3.23. The van der Waals surface area contributed by atoms with Gasteiger partial charge in [-0.2, -0.15) is 0 Å². The third-order valence-corrected chi connectivity index (χ3v) is 4.50. The minimum Gasteiger partial charge on any atom is -0.0620 e. The van der Waals surface area contributed by atoms with Crippen molar-refractivity contribution in [3.63, 3.8) is 0 Å². The van der Waals surface area contributed by atoms with Crippen molar-refractivity contribution in [3.05, 3.63) is 106 Å². The second kappa shape index (κ2) is 6.19. The van der Waals surface area contributed by atoms with Gasteiger partial charge in [-0.1, -0.05) is 72.8 Å². The van der Waals surface area contributed by atoms with E-state index in [9.17, 15) is 0 Å². The zero-order valence-corrected chi connectivity index (χ0v) is 13.5. The first-order valence-electron chi connectivity index (χ1n) is 7.85. The van der Waals surface area contributed by atoms with Crippen molar-refractivity contribution in [1.82, 2.24) is 0 Å². The Morgan fingerprint density at radius 1 is 0.455 bits per heavy atom. The number of aryl methyl sites for hydroxylation is 3. The van der Waals surface area contributed by atoms with E-state index in [2.05, 4.69) is 93.6 Å². The zero-order chi connectivity index (χ0) is 15.5. The molecule has 0 spiro atoms. The maximum absolute atomic E-state index is 2.26. The molecule has 0 heteroatoms. The molecule has 0 atom stereocenters. The van der Waals surface area contributed by atoms with Crippen molar-refractivity contribution in [1.29, 1.82) is 0 Å². The van der Waals surface area contributed by atoms with Gasteiger partial charge in [-0.05, 0) is 54.2 Å². The van der Waals surface area contributed by atoms with Crippen molar-refractivity contribution in [2.75, 3.05) is 0 Å². The van der Waals surface area contributed by atoms with Gasteiger partial charge in [0.15, 0.2) is 0 Å². The molecule has 0 bridgehead atoms. The van der Waals surface area contributed by atoms with Crippen LogP contribution in [0.4, 0.5) is 0 Å². The Hall–Kier alpha value is -2.34. The summed E-state index contributed by atoms with van der Waals surface area (Å²) in [5, 5.41) is 0. The van der Waals surface area contributed by atoms with Gasteiger partial charge in [0.05, 0.1) is 0 Å². The Morgan fingerprint density at radius 3 is 1.00 bits per heavy atom. The summed E-state index contributed by atoms with van der Waals surface area (Å²) in [4.78, 5) is 0. The van der Waals surface area contributed by atoms with E-state index in [1.54, 1.807) is 0 Å². The SMILES string of the molecule is Cc1ccccc1C(c1ccccc1C)c1ccccc1C. The summed E-state index contributed by atoms with van der Waals surface area (Å²) in [7, 11) is 0. The summed E-state index contributed by atoms with van der Waals surface area (Å²) in [5.41, 5.74) is 8.22. The fourth-order valence-corrected chi connectivity index (χ4v) is 3.23. The van der Waals surface area contributed by atoms with E-state index in [1.165, 1.54) is 33.4 Å². The van der Waals surface area contributed by atoms with Crippen molar-refractivity contribution in [2.24, 2.45) is 0 Å². The molecule has 0 N–H and O–H groups in total. The molecule has 0 aliphatic rings. The fraction of sp³-hybridized carbons (Fsp3) is 0.182. The predicted molar refractivity (Wildman–Crippen MR) is 94.5 cm³/mol. The Labute approximate surface area is 133 Å². The molecule has 0 heterocycles. The number of rotatable bonds is 3. The summed E-state index contributed by atoms with van der Waals surface area (Å²) in [5.74, 6) is 0.295. The van der Waals surface area contributed by atoms with E-state index < -0.39 is 0 Å². The van der Waals surface area contributed by atoms with Crippen LogP contribution in [0.3, 0.4) is 0 Å². The van der Waals surface area contributed by atoms with E-state index in [0.717, 1.165) is 0 Å². The molecule has 3 rings (SSSR count). The zero-order valence-electron chi connectivity index (χ0n) is 13.5. The maximum Gasteiger partial charge on any atom is 0.0347 e. The molecule has 0 aromatic heterocycles. The molecule has 0 saturated carbocycles. The number of hydrogen-bond donors (Lipinski definition) is 0. The Bertz CT molecular complexity index is 675. The predicted octanol–water partition coefficient (Wildman–Crippen LogP) is 5.79. The molecule has 0 unspecified atom stereocenters. The standard InChI is InChI=1S/C22H22/c1-16-10-4-7-13-19(16)22(20-14-8-5-11-17(20)2)21-15-9-6-12-18(21)3/h4-15,22H,1-3H3. The van der Waals surface area contributed by atoms with Gasteiger partial charge in [0.25, 0.3) is 0 Å². The second-order valence-corrected chi connectivity index (χ2v) is 6.00. The van der Waals surface area contributed by atoms with Crippen LogP contribution in [0, 0.1) is 20.8 Å². The van der Waals surface area contributed by atoms with Crippen LogP contribution in [-0.2, 0) is 0 Å². The van der Waals surface area contributed by atoms with Crippen molar-refractivity contribution in [2.45, 2.75) is 26.7 Å². The Morgan fingerprint density at radius 2 is 0.727 bits per heavy atom. The van der Waals surface area contributed by atoms with Crippen molar-refractivity contribution < 1.29 is 0 Å². The normalized spacial score (nSPS) is 10.9. The van der Waals surface area contributed by atoms with Gasteiger partial charge in [-0.25, -0.2) is 0 Å². The molecule has 0 aliphatic carbocycles. The summed E-state index contributed by atoms with van der Waals surface area (Å²) >= 11 is 0. The molecule has 110 valence electrons. The molecule has 0 amide bonds. The summed E-state index contributed by atoms with van der Waals surface area (Å²) in [6, 6.07) is 26.2. The summed E-state index contributed by atoms with van der Waals surface area (Å²) < 4.78 is 0.